The van der Waals surface area contributed by atoms with Crippen molar-refractivity contribution in [3.8, 4) is 0 Å². The van der Waals surface area contributed by atoms with Crippen LogP contribution in [0.15, 0.2) is 24.3 Å². The first-order chi connectivity index (χ1) is 8.56. The summed E-state index contributed by atoms with van der Waals surface area (Å²) in [7, 11) is 0. The molecule has 2 rings (SSSR count). The summed E-state index contributed by atoms with van der Waals surface area (Å²) < 4.78 is 0. The summed E-state index contributed by atoms with van der Waals surface area (Å²) in [6, 6.07) is 7.69. The van der Waals surface area contributed by atoms with Gasteiger partial charge in [-0.25, -0.2) is 0 Å². The average molecular weight is 246 g/mol. The summed E-state index contributed by atoms with van der Waals surface area (Å²) in [5, 5.41) is 0. The van der Waals surface area contributed by atoms with Crippen molar-refractivity contribution < 1.29 is 9.59 Å². The van der Waals surface area contributed by atoms with Crippen molar-refractivity contribution >= 4 is 11.8 Å². The van der Waals surface area contributed by atoms with Gasteiger partial charge < -0.3 is 5.73 Å². The van der Waals surface area contributed by atoms with Gasteiger partial charge in [0, 0.05) is 19.0 Å². The standard InChI is InChI=1S/C14H18N2O2/c1-10-3-2-4-11(7-10)8-13(17)16-6-5-12(15)9-14(16)18/h2-4,7,12H,5-6,8-9,15H2,1H3. The third-order valence-electron chi connectivity index (χ3n) is 3.20. The number of likely N-dealkylation sites (tertiary alicyclic amines) is 1. The van der Waals surface area contributed by atoms with Crippen molar-refractivity contribution in [2.24, 2.45) is 5.73 Å². The third kappa shape index (κ3) is 2.96. The van der Waals surface area contributed by atoms with E-state index in [0.29, 0.717) is 13.0 Å². The van der Waals surface area contributed by atoms with Gasteiger partial charge in [-0.05, 0) is 18.9 Å². The highest BCUT2D eigenvalue weighted by molar-refractivity contribution is 5.96. The van der Waals surface area contributed by atoms with E-state index in [1.54, 1.807) is 0 Å². The molecular formula is C14H18N2O2. The van der Waals surface area contributed by atoms with Gasteiger partial charge in [0.2, 0.25) is 11.8 Å². The van der Waals surface area contributed by atoms with Crippen LogP contribution in [-0.4, -0.2) is 29.3 Å². The molecule has 1 fully saturated rings. The van der Waals surface area contributed by atoms with Crippen molar-refractivity contribution in [3.63, 3.8) is 0 Å². The monoisotopic (exact) mass is 246 g/mol. The first-order valence-electron chi connectivity index (χ1n) is 6.20. The minimum absolute atomic E-state index is 0.0967. The Hall–Kier alpha value is -1.68. The van der Waals surface area contributed by atoms with Gasteiger partial charge in [-0.15, -0.1) is 0 Å². The van der Waals surface area contributed by atoms with Gasteiger partial charge in [0.1, 0.15) is 0 Å². The second-order valence-corrected chi connectivity index (χ2v) is 4.86. The molecule has 0 aromatic heterocycles. The smallest absolute Gasteiger partial charge is 0.233 e. The number of nitrogens with two attached hydrogens (primary N) is 1. The number of imide groups is 1. The predicted octanol–water partition coefficient (Wildman–Crippen LogP) is 1.01. The van der Waals surface area contributed by atoms with Crippen LogP contribution in [0.25, 0.3) is 0 Å². The van der Waals surface area contributed by atoms with Crippen LogP contribution in [0.5, 0.6) is 0 Å². The molecule has 1 aromatic rings. The van der Waals surface area contributed by atoms with Gasteiger partial charge in [-0.2, -0.15) is 0 Å². The summed E-state index contributed by atoms with van der Waals surface area (Å²) in [5.41, 5.74) is 7.77. The zero-order valence-electron chi connectivity index (χ0n) is 10.6. The van der Waals surface area contributed by atoms with E-state index in [-0.39, 0.29) is 30.7 Å². The summed E-state index contributed by atoms with van der Waals surface area (Å²) in [6.07, 6.45) is 1.26. The molecule has 1 heterocycles. The summed E-state index contributed by atoms with van der Waals surface area (Å²) >= 11 is 0. The fourth-order valence-corrected chi connectivity index (χ4v) is 2.21. The van der Waals surface area contributed by atoms with Crippen molar-refractivity contribution in [1.29, 1.82) is 0 Å². The van der Waals surface area contributed by atoms with Gasteiger partial charge in [0.05, 0.1) is 6.42 Å². The molecule has 0 bridgehead atoms. The normalized spacial score (nSPS) is 20.0. The number of hydrogen-bond donors (Lipinski definition) is 1. The Morgan fingerprint density at radius 3 is 2.94 bits per heavy atom. The molecule has 18 heavy (non-hydrogen) atoms. The Balaban J connectivity index is 2.02. The molecule has 1 atom stereocenters. The second kappa shape index (κ2) is 5.31. The van der Waals surface area contributed by atoms with Crippen LogP contribution < -0.4 is 5.73 Å². The van der Waals surface area contributed by atoms with Crippen LogP contribution >= 0.6 is 0 Å². The Labute approximate surface area is 107 Å². The van der Waals surface area contributed by atoms with E-state index in [2.05, 4.69) is 0 Å². The molecule has 96 valence electrons. The number of carbonyl (C=O) groups is 2. The Kier molecular flexibility index (Phi) is 3.77. The van der Waals surface area contributed by atoms with Gasteiger partial charge in [0.15, 0.2) is 0 Å². The molecule has 1 saturated heterocycles. The van der Waals surface area contributed by atoms with E-state index in [1.165, 1.54) is 4.90 Å². The lowest BCUT2D eigenvalue weighted by atomic mass is 10.0. The van der Waals surface area contributed by atoms with Crippen molar-refractivity contribution in [1.82, 2.24) is 4.90 Å². The minimum atomic E-state index is -0.147. The van der Waals surface area contributed by atoms with E-state index in [9.17, 15) is 9.59 Å². The first kappa shape index (κ1) is 12.8. The number of nitrogens with zero attached hydrogens (tertiary/aromatic N) is 1. The maximum Gasteiger partial charge on any atom is 0.233 e. The number of rotatable bonds is 2. The van der Waals surface area contributed by atoms with Crippen LogP contribution in [0, 0.1) is 6.92 Å². The molecule has 0 saturated carbocycles. The highest BCUT2D eigenvalue weighted by Crippen LogP contribution is 2.13. The lowest BCUT2D eigenvalue weighted by molar-refractivity contribution is -0.146. The Bertz CT molecular complexity index is 471. The zero-order chi connectivity index (χ0) is 13.1. The van der Waals surface area contributed by atoms with E-state index < -0.39 is 0 Å². The van der Waals surface area contributed by atoms with Gasteiger partial charge >= 0.3 is 0 Å². The van der Waals surface area contributed by atoms with Gasteiger partial charge in [-0.3, -0.25) is 14.5 Å². The maximum atomic E-state index is 12.1. The number of piperidine rings is 1. The van der Waals surface area contributed by atoms with Crippen LogP contribution in [0.1, 0.15) is 24.0 Å². The number of amides is 2. The molecule has 1 aliphatic heterocycles. The van der Waals surface area contributed by atoms with E-state index >= 15 is 0 Å². The molecule has 1 unspecified atom stereocenters. The molecule has 2 N–H and O–H groups in total. The first-order valence-corrected chi connectivity index (χ1v) is 6.20. The van der Waals surface area contributed by atoms with Crippen LogP contribution in [0.4, 0.5) is 0 Å². The number of carbonyl (C=O) groups excluding carboxylic acids is 2. The molecule has 0 aliphatic carbocycles. The van der Waals surface area contributed by atoms with Crippen molar-refractivity contribution in [2.75, 3.05) is 6.54 Å². The van der Waals surface area contributed by atoms with Crippen molar-refractivity contribution in [3.05, 3.63) is 35.4 Å². The Morgan fingerprint density at radius 2 is 2.28 bits per heavy atom. The second-order valence-electron chi connectivity index (χ2n) is 4.86. The van der Waals surface area contributed by atoms with E-state index in [0.717, 1.165) is 11.1 Å². The minimum Gasteiger partial charge on any atom is -0.327 e. The topological polar surface area (TPSA) is 63.4 Å². The van der Waals surface area contributed by atoms with Gasteiger partial charge in [-0.1, -0.05) is 29.8 Å². The highest BCUT2D eigenvalue weighted by atomic mass is 16.2. The lowest BCUT2D eigenvalue weighted by Gasteiger charge is -2.28. The van der Waals surface area contributed by atoms with Crippen molar-refractivity contribution in [2.45, 2.75) is 32.2 Å². The molecule has 4 heteroatoms. The summed E-state index contributed by atoms with van der Waals surface area (Å²) in [4.78, 5) is 25.1. The zero-order valence-corrected chi connectivity index (χ0v) is 10.6. The fourth-order valence-electron chi connectivity index (χ4n) is 2.21. The lowest BCUT2D eigenvalue weighted by Crippen LogP contribution is -2.47. The van der Waals surface area contributed by atoms with Crippen LogP contribution in [0.2, 0.25) is 0 Å². The SMILES string of the molecule is Cc1cccc(CC(=O)N2CCC(N)CC2=O)c1. The Morgan fingerprint density at radius 1 is 1.50 bits per heavy atom. The molecule has 1 aromatic carbocycles. The van der Waals surface area contributed by atoms with E-state index in [4.69, 9.17) is 5.73 Å². The molecule has 0 radical (unpaired) electrons. The number of aryl methyl sites for hydroxylation is 1. The average Bonchev–Trinajstić information content (AvgIpc) is 2.28. The largest absolute Gasteiger partial charge is 0.327 e. The van der Waals surface area contributed by atoms with Crippen LogP contribution in [-0.2, 0) is 16.0 Å². The van der Waals surface area contributed by atoms with E-state index in [1.807, 2.05) is 31.2 Å². The third-order valence-corrected chi connectivity index (χ3v) is 3.20. The molecule has 2 amide bonds. The highest BCUT2D eigenvalue weighted by Gasteiger charge is 2.27. The summed E-state index contributed by atoms with van der Waals surface area (Å²) in [5.74, 6) is -0.274. The van der Waals surface area contributed by atoms with Crippen LogP contribution in [0.3, 0.4) is 0 Å². The molecular weight excluding hydrogens is 228 g/mol. The number of hydrogen-bond acceptors (Lipinski definition) is 3. The molecule has 4 nitrogen and oxygen atoms in total. The molecule has 1 aliphatic rings. The maximum absolute atomic E-state index is 12.1. The number of benzene rings is 1. The molecule has 0 spiro atoms. The predicted molar refractivity (Wildman–Crippen MR) is 68.8 cm³/mol. The fraction of sp³-hybridized carbons (Fsp3) is 0.429. The quantitative estimate of drug-likeness (QED) is 0.847. The van der Waals surface area contributed by atoms with Gasteiger partial charge in [0.25, 0.3) is 0 Å². The summed E-state index contributed by atoms with van der Waals surface area (Å²) in [6.45, 7) is 2.43.